The number of hydrogen-bond donors (Lipinski definition) is 0. The van der Waals surface area contributed by atoms with Crippen molar-refractivity contribution < 1.29 is 0 Å². The van der Waals surface area contributed by atoms with Crippen LogP contribution >= 0.6 is 15.9 Å². The number of rotatable bonds is 2. The third-order valence-corrected chi connectivity index (χ3v) is 1.94. The molecule has 0 spiro atoms. The van der Waals surface area contributed by atoms with Gasteiger partial charge in [0.05, 0.1) is 6.33 Å². The van der Waals surface area contributed by atoms with Gasteiger partial charge in [-0.15, -0.1) is 0 Å². The summed E-state index contributed by atoms with van der Waals surface area (Å²) in [5, 5.41) is 0. The summed E-state index contributed by atoms with van der Waals surface area (Å²) in [6, 6.07) is 0. The first-order valence-corrected chi connectivity index (χ1v) is 4.36. The van der Waals surface area contributed by atoms with Crippen LogP contribution in [0.25, 0.3) is 0 Å². The lowest BCUT2D eigenvalue weighted by Crippen LogP contribution is -2.19. The van der Waals surface area contributed by atoms with Crippen LogP contribution in [0.15, 0.2) is 33.9 Å². The molecule has 12 heavy (non-hydrogen) atoms. The Morgan fingerprint density at radius 1 is 1.75 bits per heavy atom. The lowest BCUT2D eigenvalue weighted by atomic mass is 10.5. The average molecular weight is 229 g/mol. The van der Waals surface area contributed by atoms with E-state index < -0.39 is 0 Å². The summed E-state index contributed by atoms with van der Waals surface area (Å²) in [6.45, 7) is 2.48. The number of allylic oxidation sites excluding steroid dienone is 2. The number of aromatic nitrogens is 2. The van der Waals surface area contributed by atoms with E-state index in [9.17, 15) is 4.79 Å². The van der Waals surface area contributed by atoms with Crippen molar-refractivity contribution in [3.63, 3.8) is 0 Å². The zero-order valence-electron chi connectivity index (χ0n) is 6.70. The van der Waals surface area contributed by atoms with Crippen LogP contribution in [0.3, 0.4) is 0 Å². The largest absolute Gasteiger partial charge is 0.294 e. The molecule has 0 aromatic carbocycles. The fourth-order valence-corrected chi connectivity index (χ4v) is 1.12. The van der Waals surface area contributed by atoms with E-state index in [4.69, 9.17) is 0 Å². The van der Waals surface area contributed by atoms with Crippen molar-refractivity contribution in [2.24, 2.45) is 0 Å². The van der Waals surface area contributed by atoms with Crippen LogP contribution < -0.4 is 5.56 Å². The van der Waals surface area contributed by atoms with Crippen LogP contribution in [0.1, 0.15) is 6.92 Å². The van der Waals surface area contributed by atoms with E-state index in [2.05, 4.69) is 20.9 Å². The molecule has 1 rings (SSSR count). The normalized spacial score (nSPS) is 10.8. The predicted molar refractivity (Wildman–Crippen MR) is 51.0 cm³/mol. The summed E-state index contributed by atoms with van der Waals surface area (Å²) < 4.78 is 2.03. The van der Waals surface area contributed by atoms with Crippen LogP contribution in [0, 0.1) is 0 Å². The van der Waals surface area contributed by atoms with Crippen molar-refractivity contribution in [1.82, 2.24) is 9.55 Å². The lowest BCUT2D eigenvalue weighted by molar-refractivity contribution is 0.747. The van der Waals surface area contributed by atoms with E-state index in [1.807, 2.05) is 19.1 Å². The molecule has 0 unspecified atom stereocenters. The first-order chi connectivity index (χ1) is 5.75. The SMILES string of the molecule is CC=CCn1cncc(Br)c1=O. The zero-order chi connectivity index (χ0) is 8.97. The average Bonchev–Trinajstić information content (AvgIpc) is 2.08. The van der Waals surface area contributed by atoms with E-state index in [-0.39, 0.29) is 5.56 Å². The van der Waals surface area contributed by atoms with E-state index >= 15 is 0 Å². The molecule has 3 nitrogen and oxygen atoms in total. The van der Waals surface area contributed by atoms with Gasteiger partial charge in [-0.1, -0.05) is 12.2 Å². The monoisotopic (exact) mass is 228 g/mol. The van der Waals surface area contributed by atoms with Gasteiger partial charge in [0, 0.05) is 12.7 Å². The highest BCUT2D eigenvalue weighted by Gasteiger charge is 1.97. The van der Waals surface area contributed by atoms with Crippen LogP contribution in [0.5, 0.6) is 0 Å². The lowest BCUT2D eigenvalue weighted by Gasteiger charge is -1.99. The van der Waals surface area contributed by atoms with Crippen LogP contribution in [-0.4, -0.2) is 9.55 Å². The minimum Gasteiger partial charge on any atom is -0.294 e. The number of nitrogens with zero attached hydrogens (tertiary/aromatic N) is 2. The standard InChI is InChI=1S/C8H9BrN2O/c1-2-3-4-11-6-10-5-7(9)8(11)12/h2-3,5-6H,4H2,1H3. The summed E-state index contributed by atoms with van der Waals surface area (Å²) in [5.41, 5.74) is -0.0527. The molecular weight excluding hydrogens is 220 g/mol. The van der Waals surface area contributed by atoms with E-state index in [1.165, 1.54) is 17.1 Å². The van der Waals surface area contributed by atoms with Crippen LogP contribution in [-0.2, 0) is 6.54 Å². The maximum atomic E-state index is 11.3. The molecular formula is C8H9BrN2O. The molecule has 4 heteroatoms. The van der Waals surface area contributed by atoms with Gasteiger partial charge < -0.3 is 0 Å². The van der Waals surface area contributed by atoms with Gasteiger partial charge in [-0.3, -0.25) is 9.36 Å². The van der Waals surface area contributed by atoms with E-state index in [1.54, 1.807) is 0 Å². The fraction of sp³-hybridized carbons (Fsp3) is 0.250. The maximum absolute atomic E-state index is 11.3. The molecule has 0 fully saturated rings. The van der Waals surface area contributed by atoms with Crippen molar-refractivity contribution in [2.45, 2.75) is 13.5 Å². The molecule has 0 aliphatic heterocycles. The minimum absolute atomic E-state index is 0.0527. The molecule has 0 atom stereocenters. The van der Waals surface area contributed by atoms with E-state index in [0.29, 0.717) is 11.0 Å². The molecule has 64 valence electrons. The highest BCUT2D eigenvalue weighted by Crippen LogP contribution is 1.97. The highest BCUT2D eigenvalue weighted by molar-refractivity contribution is 9.10. The molecule has 1 heterocycles. The Hall–Kier alpha value is -0.900. The second-order valence-corrected chi connectivity index (χ2v) is 3.12. The summed E-state index contributed by atoms with van der Waals surface area (Å²) in [6.07, 6.45) is 6.81. The fourth-order valence-electron chi connectivity index (χ4n) is 0.773. The minimum atomic E-state index is -0.0527. The second kappa shape index (κ2) is 4.21. The van der Waals surface area contributed by atoms with Gasteiger partial charge in [-0.25, -0.2) is 4.98 Å². The van der Waals surface area contributed by atoms with Crippen molar-refractivity contribution in [3.8, 4) is 0 Å². The van der Waals surface area contributed by atoms with Crippen LogP contribution in [0.4, 0.5) is 0 Å². The Morgan fingerprint density at radius 3 is 3.17 bits per heavy atom. The van der Waals surface area contributed by atoms with Gasteiger partial charge >= 0.3 is 0 Å². The first-order valence-electron chi connectivity index (χ1n) is 3.57. The van der Waals surface area contributed by atoms with Gasteiger partial charge in [-0.05, 0) is 22.9 Å². The molecule has 0 saturated carbocycles. The Balaban J connectivity index is 3.00. The third-order valence-electron chi connectivity index (χ3n) is 1.40. The zero-order valence-corrected chi connectivity index (χ0v) is 8.28. The van der Waals surface area contributed by atoms with Gasteiger partial charge in [0.25, 0.3) is 5.56 Å². The summed E-state index contributed by atoms with van der Waals surface area (Å²) >= 11 is 3.12. The molecule has 0 aliphatic carbocycles. The van der Waals surface area contributed by atoms with Crippen molar-refractivity contribution in [3.05, 3.63) is 39.5 Å². The number of hydrogen-bond acceptors (Lipinski definition) is 2. The van der Waals surface area contributed by atoms with Gasteiger partial charge in [0.15, 0.2) is 0 Å². The Morgan fingerprint density at radius 2 is 2.50 bits per heavy atom. The van der Waals surface area contributed by atoms with Crippen molar-refractivity contribution >= 4 is 15.9 Å². The molecule has 0 saturated heterocycles. The van der Waals surface area contributed by atoms with Crippen molar-refractivity contribution in [2.75, 3.05) is 0 Å². The quantitative estimate of drug-likeness (QED) is 0.721. The molecule has 1 aromatic rings. The smallest absolute Gasteiger partial charge is 0.267 e. The molecule has 0 aliphatic rings. The van der Waals surface area contributed by atoms with Gasteiger partial charge in [-0.2, -0.15) is 0 Å². The van der Waals surface area contributed by atoms with Crippen molar-refractivity contribution in [1.29, 1.82) is 0 Å². The van der Waals surface area contributed by atoms with Gasteiger partial charge in [0.1, 0.15) is 4.47 Å². The summed E-state index contributed by atoms with van der Waals surface area (Å²) in [5.74, 6) is 0. The summed E-state index contributed by atoms with van der Waals surface area (Å²) in [7, 11) is 0. The van der Waals surface area contributed by atoms with Gasteiger partial charge in [0.2, 0.25) is 0 Å². The first kappa shape index (κ1) is 9.19. The third kappa shape index (κ3) is 2.04. The molecule has 0 amide bonds. The second-order valence-electron chi connectivity index (χ2n) is 2.27. The Labute approximate surface area is 78.9 Å². The Kier molecular flexibility index (Phi) is 3.22. The topological polar surface area (TPSA) is 34.9 Å². The molecule has 0 N–H and O–H groups in total. The van der Waals surface area contributed by atoms with Crippen LogP contribution in [0.2, 0.25) is 0 Å². The summed E-state index contributed by atoms with van der Waals surface area (Å²) in [4.78, 5) is 15.2. The molecule has 1 aromatic heterocycles. The van der Waals surface area contributed by atoms with E-state index in [0.717, 1.165) is 0 Å². The Bertz CT molecular complexity index is 343. The maximum Gasteiger partial charge on any atom is 0.267 e. The molecule has 0 radical (unpaired) electrons. The predicted octanol–water partition coefficient (Wildman–Crippen LogP) is 1.58. The highest BCUT2D eigenvalue weighted by atomic mass is 79.9. The molecule has 0 bridgehead atoms. The number of halogens is 1.